The van der Waals surface area contributed by atoms with E-state index in [0.717, 1.165) is 43.5 Å². The number of ether oxygens (including phenoxy) is 1. The number of halogens is 4. The summed E-state index contributed by atoms with van der Waals surface area (Å²) in [4.78, 5) is 12.3. The Balaban J connectivity index is 1.87. The van der Waals surface area contributed by atoms with E-state index in [1.54, 1.807) is 0 Å². The van der Waals surface area contributed by atoms with Crippen molar-refractivity contribution in [3.8, 4) is 11.8 Å². The van der Waals surface area contributed by atoms with E-state index in [1.807, 2.05) is 6.92 Å². The molecule has 3 aromatic carbocycles. The molecule has 0 unspecified atom stereocenters. The van der Waals surface area contributed by atoms with Gasteiger partial charge in [-0.2, -0.15) is 5.26 Å². The molecule has 0 fully saturated rings. The molecule has 0 aliphatic heterocycles. The Morgan fingerprint density at radius 3 is 2.33 bits per heavy atom. The van der Waals surface area contributed by atoms with Gasteiger partial charge in [-0.3, -0.25) is 0 Å². The Morgan fingerprint density at radius 2 is 1.70 bits per heavy atom. The van der Waals surface area contributed by atoms with E-state index >= 15 is 0 Å². The van der Waals surface area contributed by atoms with Gasteiger partial charge in [0.1, 0.15) is 40.4 Å². The minimum Gasteiger partial charge on any atom is -0.423 e. The van der Waals surface area contributed by atoms with Crippen molar-refractivity contribution in [2.45, 2.75) is 32.6 Å². The molecule has 154 valence electrons. The Kier molecular flexibility index (Phi) is 6.36. The van der Waals surface area contributed by atoms with Crippen molar-refractivity contribution in [1.29, 1.82) is 5.26 Å². The number of esters is 1. The van der Waals surface area contributed by atoms with Gasteiger partial charge in [0.25, 0.3) is 0 Å². The number of hydrogen-bond donors (Lipinski definition) is 0. The molecule has 3 aromatic rings. The molecule has 0 aliphatic carbocycles. The lowest BCUT2D eigenvalue weighted by atomic mass is 10.0. The first kappa shape index (κ1) is 21.3. The van der Waals surface area contributed by atoms with Crippen LogP contribution in [0, 0.1) is 34.6 Å². The summed E-state index contributed by atoms with van der Waals surface area (Å²) < 4.78 is 61.7. The van der Waals surface area contributed by atoms with Gasteiger partial charge in [0, 0.05) is 5.39 Å². The largest absolute Gasteiger partial charge is 0.423 e. The number of carbonyl (C=O) groups excluding carboxylic acids is 1. The van der Waals surface area contributed by atoms with Gasteiger partial charge in [-0.15, -0.1) is 0 Å². The van der Waals surface area contributed by atoms with Crippen LogP contribution in [0.3, 0.4) is 0 Å². The number of benzene rings is 3. The molecular formula is C23H17F4NO2. The lowest BCUT2D eigenvalue weighted by molar-refractivity contribution is 0.0725. The molecular weight excluding hydrogens is 398 g/mol. The number of fused-ring (bicyclic) bond motifs is 1. The van der Waals surface area contributed by atoms with Crippen LogP contribution in [-0.2, 0) is 6.42 Å². The van der Waals surface area contributed by atoms with Crippen LogP contribution in [0.4, 0.5) is 17.6 Å². The Morgan fingerprint density at radius 1 is 1.00 bits per heavy atom. The first-order valence-electron chi connectivity index (χ1n) is 9.37. The van der Waals surface area contributed by atoms with E-state index in [9.17, 15) is 22.4 Å². The highest BCUT2D eigenvalue weighted by atomic mass is 19.1. The molecule has 0 aromatic heterocycles. The van der Waals surface area contributed by atoms with Crippen molar-refractivity contribution in [1.82, 2.24) is 0 Å². The van der Waals surface area contributed by atoms with Crippen LogP contribution in [-0.4, -0.2) is 5.97 Å². The van der Waals surface area contributed by atoms with Crippen LogP contribution in [0.25, 0.3) is 10.8 Å². The van der Waals surface area contributed by atoms with Gasteiger partial charge in [-0.1, -0.05) is 19.8 Å². The summed E-state index contributed by atoms with van der Waals surface area (Å²) in [7, 11) is 0. The van der Waals surface area contributed by atoms with Gasteiger partial charge in [0.05, 0.1) is 0 Å². The van der Waals surface area contributed by atoms with Crippen molar-refractivity contribution in [2.75, 3.05) is 0 Å². The molecule has 0 saturated heterocycles. The normalized spacial score (nSPS) is 10.8. The number of aryl methyl sites for hydroxylation is 1. The Hall–Kier alpha value is -3.40. The number of rotatable bonds is 6. The minimum atomic E-state index is -1.26. The zero-order valence-corrected chi connectivity index (χ0v) is 16.1. The number of unbranched alkanes of at least 4 members (excludes halogenated alkanes) is 2. The molecule has 3 nitrogen and oxygen atoms in total. The van der Waals surface area contributed by atoms with Crippen LogP contribution >= 0.6 is 0 Å². The van der Waals surface area contributed by atoms with Crippen LogP contribution in [0.5, 0.6) is 5.75 Å². The van der Waals surface area contributed by atoms with Gasteiger partial charge >= 0.3 is 5.97 Å². The summed E-state index contributed by atoms with van der Waals surface area (Å²) in [5.74, 6) is -5.60. The average Bonchev–Trinajstić information content (AvgIpc) is 2.67. The second kappa shape index (κ2) is 8.95. The first-order chi connectivity index (χ1) is 14.3. The third kappa shape index (κ3) is 4.28. The molecule has 0 radical (unpaired) electrons. The van der Waals surface area contributed by atoms with E-state index in [2.05, 4.69) is 0 Å². The van der Waals surface area contributed by atoms with Gasteiger partial charge in [-0.25, -0.2) is 22.4 Å². The monoisotopic (exact) mass is 415 g/mol. The lowest BCUT2D eigenvalue weighted by Crippen LogP contribution is -2.14. The average molecular weight is 415 g/mol. The summed E-state index contributed by atoms with van der Waals surface area (Å²) in [6.07, 6.45) is 3.15. The molecule has 0 heterocycles. The fourth-order valence-electron chi connectivity index (χ4n) is 3.18. The fourth-order valence-corrected chi connectivity index (χ4v) is 3.18. The van der Waals surface area contributed by atoms with Crippen molar-refractivity contribution < 1.29 is 27.1 Å². The smallest absolute Gasteiger partial charge is 0.349 e. The summed E-state index contributed by atoms with van der Waals surface area (Å²) in [5, 5.41) is 8.79. The van der Waals surface area contributed by atoms with Crippen molar-refractivity contribution in [3.05, 3.63) is 76.4 Å². The summed E-state index contributed by atoms with van der Waals surface area (Å²) in [6, 6.07) is 8.09. The first-order valence-corrected chi connectivity index (χ1v) is 9.37. The third-order valence-corrected chi connectivity index (χ3v) is 4.70. The molecule has 7 heteroatoms. The molecule has 0 aliphatic rings. The van der Waals surface area contributed by atoms with Crippen LogP contribution in [0.2, 0.25) is 0 Å². The zero-order valence-electron chi connectivity index (χ0n) is 16.1. The number of carbonyl (C=O) groups is 1. The molecule has 0 spiro atoms. The van der Waals surface area contributed by atoms with Gasteiger partial charge in [0.15, 0.2) is 5.82 Å². The maximum atomic E-state index is 14.3. The van der Waals surface area contributed by atoms with E-state index in [4.69, 9.17) is 10.00 Å². The molecule has 0 N–H and O–H groups in total. The van der Waals surface area contributed by atoms with E-state index < -0.39 is 40.4 Å². The highest BCUT2D eigenvalue weighted by Gasteiger charge is 2.21. The lowest BCUT2D eigenvalue weighted by Gasteiger charge is -2.10. The second-order valence-electron chi connectivity index (χ2n) is 6.82. The quantitative estimate of drug-likeness (QED) is 0.208. The third-order valence-electron chi connectivity index (χ3n) is 4.70. The van der Waals surface area contributed by atoms with Crippen LogP contribution in [0.1, 0.15) is 47.7 Å². The Bertz CT molecular complexity index is 1150. The predicted octanol–water partition coefficient (Wildman–Crippen LogP) is 6.22. The second-order valence-corrected chi connectivity index (χ2v) is 6.82. The topological polar surface area (TPSA) is 50.1 Å². The number of nitriles is 1. The number of nitrogens with zero attached hydrogens (tertiary/aromatic N) is 1. The molecule has 0 saturated carbocycles. The summed E-state index contributed by atoms with van der Waals surface area (Å²) in [5.41, 5.74) is -1.12. The van der Waals surface area contributed by atoms with Crippen molar-refractivity contribution in [2.24, 2.45) is 0 Å². The summed E-state index contributed by atoms with van der Waals surface area (Å²) in [6.45, 7) is 2.01. The predicted molar refractivity (Wildman–Crippen MR) is 103 cm³/mol. The van der Waals surface area contributed by atoms with E-state index in [-0.39, 0.29) is 16.5 Å². The van der Waals surface area contributed by atoms with Gasteiger partial charge in [-0.05, 0) is 60.2 Å². The van der Waals surface area contributed by atoms with E-state index in [1.165, 1.54) is 18.2 Å². The maximum Gasteiger partial charge on any atom is 0.349 e. The molecule has 30 heavy (non-hydrogen) atoms. The van der Waals surface area contributed by atoms with Gasteiger partial charge < -0.3 is 4.74 Å². The molecule has 0 bridgehead atoms. The highest BCUT2D eigenvalue weighted by Crippen LogP contribution is 2.28. The summed E-state index contributed by atoms with van der Waals surface area (Å²) >= 11 is 0. The Labute approximate surface area is 170 Å². The molecule has 0 amide bonds. The molecule has 0 atom stereocenters. The number of hydrogen-bond acceptors (Lipinski definition) is 3. The maximum absolute atomic E-state index is 14.3. The van der Waals surface area contributed by atoms with E-state index in [0.29, 0.717) is 12.0 Å². The van der Waals surface area contributed by atoms with Crippen molar-refractivity contribution >= 4 is 16.7 Å². The molecule has 3 rings (SSSR count). The van der Waals surface area contributed by atoms with Crippen LogP contribution < -0.4 is 4.74 Å². The minimum absolute atomic E-state index is 0.0292. The zero-order chi connectivity index (χ0) is 21.8. The highest BCUT2D eigenvalue weighted by molar-refractivity contribution is 5.93. The van der Waals surface area contributed by atoms with Crippen molar-refractivity contribution in [3.63, 3.8) is 0 Å². The van der Waals surface area contributed by atoms with Gasteiger partial charge in [0.2, 0.25) is 0 Å². The van der Waals surface area contributed by atoms with Crippen LogP contribution in [0.15, 0.2) is 36.4 Å². The SMILES string of the molecule is CCCCCc1cc(F)c(C(=O)Oc2ccc3c(F)c(C#N)c(F)cc3c2)c(F)c1. The fraction of sp³-hybridized carbons (Fsp3) is 0.217. The standard InChI is InChI=1S/C23H17F4NO2/c1-2-3-4-5-13-8-19(25)21(20(26)9-13)23(29)30-15-6-7-16-14(10-15)11-18(24)17(12-28)22(16)27/h6-11H,2-5H2,1H3.